The molecule has 0 N–H and O–H groups in total. The minimum Gasteiger partial charge on any atom is -0.493 e. The molecule has 0 aliphatic carbocycles. The molecular formula is C22H22N2O5S. The van der Waals surface area contributed by atoms with E-state index in [0.29, 0.717) is 18.0 Å². The Balaban J connectivity index is 1.80. The maximum Gasteiger partial charge on any atom is 0.355 e. The van der Waals surface area contributed by atoms with Crippen LogP contribution in [-0.2, 0) is 25.5 Å². The van der Waals surface area contributed by atoms with Gasteiger partial charge in [0, 0.05) is 23.2 Å². The fourth-order valence-electron chi connectivity index (χ4n) is 2.90. The highest BCUT2D eigenvalue weighted by Crippen LogP contribution is 2.28. The van der Waals surface area contributed by atoms with E-state index in [2.05, 4.69) is 4.98 Å². The molecular weight excluding hydrogens is 404 g/mol. The van der Waals surface area contributed by atoms with Gasteiger partial charge in [0.1, 0.15) is 11.4 Å². The molecule has 30 heavy (non-hydrogen) atoms. The van der Waals surface area contributed by atoms with Crippen LogP contribution < -0.4 is 9.64 Å². The van der Waals surface area contributed by atoms with Gasteiger partial charge in [0.2, 0.25) is 0 Å². The Morgan fingerprint density at radius 1 is 1.07 bits per heavy atom. The number of rotatable bonds is 7. The summed E-state index contributed by atoms with van der Waals surface area (Å²) in [6.45, 7) is 2.52. The maximum absolute atomic E-state index is 12.5. The highest BCUT2D eigenvalue weighted by Gasteiger charge is 2.27. The first-order valence-corrected chi connectivity index (χ1v) is 10.1. The lowest BCUT2D eigenvalue weighted by molar-refractivity contribution is -0.139. The Hall–Kier alpha value is -3.39. The molecule has 8 heteroatoms. The minimum absolute atomic E-state index is 0.0729. The molecule has 1 aliphatic heterocycles. The van der Waals surface area contributed by atoms with Gasteiger partial charge in [-0.1, -0.05) is 6.08 Å². The van der Waals surface area contributed by atoms with Gasteiger partial charge in [-0.3, -0.25) is 0 Å². The van der Waals surface area contributed by atoms with Crippen LogP contribution in [0.2, 0.25) is 0 Å². The van der Waals surface area contributed by atoms with Crippen LogP contribution in [-0.4, -0.2) is 37.7 Å². The van der Waals surface area contributed by atoms with Gasteiger partial charge in [0.25, 0.3) is 0 Å². The molecule has 0 unspecified atom stereocenters. The molecule has 2 heterocycles. The van der Waals surface area contributed by atoms with E-state index >= 15 is 0 Å². The number of methoxy groups -OCH3 is 2. The van der Waals surface area contributed by atoms with Crippen LogP contribution >= 0.6 is 11.3 Å². The lowest BCUT2D eigenvalue weighted by Gasteiger charge is -2.23. The Kier molecular flexibility index (Phi) is 7.03. The summed E-state index contributed by atoms with van der Waals surface area (Å²) in [6, 6.07) is 7.24. The summed E-state index contributed by atoms with van der Waals surface area (Å²) in [6.07, 6.45) is 7.37. The normalized spacial score (nSPS) is 13.2. The number of carbonyl (C=O) groups is 2. The third kappa shape index (κ3) is 4.77. The zero-order valence-electron chi connectivity index (χ0n) is 17.0. The van der Waals surface area contributed by atoms with E-state index in [1.54, 1.807) is 46.7 Å². The van der Waals surface area contributed by atoms with E-state index in [0.717, 1.165) is 12.1 Å². The van der Waals surface area contributed by atoms with Gasteiger partial charge in [-0.2, -0.15) is 0 Å². The molecule has 0 atom stereocenters. The molecule has 0 bridgehead atoms. The molecule has 0 saturated heterocycles. The molecule has 7 nitrogen and oxygen atoms in total. The molecule has 3 rings (SSSR count). The number of hydrogen-bond acceptors (Lipinski definition) is 8. The first kappa shape index (κ1) is 21.3. The predicted molar refractivity (Wildman–Crippen MR) is 114 cm³/mol. The van der Waals surface area contributed by atoms with Crippen molar-refractivity contribution in [3.05, 3.63) is 76.0 Å². The summed E-state index contributed by atoms with van der Waals surface area (Å²) in [4.78, 5) is 31.7. The molecule has 2 aromatic rings. The fourth-order valence-corrected chi connectivity index (χ4v) is 3.66. The average Bonchev–Trinajstić information content (AvgIpc) is 3.05. The Morgan fingerprint density at radius 2 is 1.80 bits per heavy atom. The van der Waals surface area contributed by atoms with E-state index in [-0.39, 0.29) is 11.3 Å². The first-order valence-electron chi connectivity index (χ1n) is 9.22. The third-order valence-electron chi connectivity index (χ3n) is 4.45. The van der Waals surface area contributed by atoms with Crippen LogP contribution in [0.25, 0.3) is 0 Å². The van der Waals surface area contributed by atoms with Gasteiger partial charge in [-0.05, 0) is 43.3 Å². The van der Waals surface area contributed by atoms with Gasteiger partial charge in [-0.15, -0.1) is 11.3 Å². The smallest absolute Gasteiger partial charge is 0.355 e. The summed E-state index contributed by atoms with van der Waals surface area (Å²) >= 11 is 1.62. The number of ether oxygens (including phenoxy) is 3. The number of aromatic nitrogens is 1. The second kappa shape index (κ2) is 9.89. The van der Waals surface area contributed by atoms with Gasteiger partial charge in [0.15, 0.2) is 0 Å². The zero-order chi connectivity index (χ0) is 21.5. The molecule has 156 valence electrons. The first-order chi connectivity index (χ1) is 14.5. The summed E-state index contributed by atoms with van der Waals surface area (Å²) in [7, 11) is 2.53. The van der Waals surface area contributed by atoms with Gasteiger partial charge in [-0.25, -0.2) is 14.6 Å². The number of thiazole rings is 1. The van der Waals surface area contributed by atoms with Crippen LogP contribution in [0.5, 0.6) is 5.75 Å². The predicted octanol–water partition coefficient (Wildman–Crippen LogP) is 3.56. The van der Waals surface area contributed by atoms with Crippen molar-refractivity contribution in [2.45, 2.75) is 13.3 Å². The molecule has 0 radical (unpaired) electrons. The SMILES string of the molecule is COC(=O)C1=C(C(=O)OC)N(c2ccc(OCCc3scnc3C)cc2)C=CC=C1. The molecule has 0 amide bonds. The number of aryl methyl sites for hydroxylation is 1. The zero-order valence-corrected chi connectivity index (χ0v) is 17.8. The maximum atomic E-state index is 12.5. The van der Waals surface area contributed by atoms with Crippen molar-refractivity contribution < 1.29 is 23.8 Å². The van der Waals surface area contributed by atoms with Crippen molar-refractivity contribution in [2.75, 3.05) is 25.7 Å². The molecule has 0 spiro atoms. The minimum atomic E-state index is -0.646. The van der Waals surface area contributed by atoms with Crippen molar-refractivity contribution in [2.24, 2.45) is 0 Å². The van der Waals surface area contributed by atoms with E-state index in [1.807, 2.05) is 24.6 Å². The Bertz CT molecular complexity index is 1000. The highest BCUT2D eigenvalue weighted by atomic mass is 32.1. The average molecular weight is 426 g/mol. The Morgan fingerprint density at radius 3 is 2.43 bits per heavy atom. The molecule has 1 aromatic carbocycles. The summed E-state index contributed by atoms with van der Waals surface area (Å²) in [5, 5.41) is 0. The number of hydrogen-bond donors (Lipinski definition) is 0. The van der Waals surface area contributed by atoms with Gasteiger partial charge >= 0.3 is 11.9 Å². The van der Waals surface area contributed by atoms with Crippen molar-refractivity contribution >= 4 is 29.0 Å². The van der Waals surface area contributed by atoms with Gasteiger partial charge < -0.3 is 19.1 Å². The lowest BCUT2D eigenvalue weighted by Crippen LogP contribution is -2.26. The summed E-state index contributed by atoms with van der Waals surface area (Å²) in [5.41, 5.74) is 3.71. The number of anilines is 1. The Labute approximate surface area is 178 Å². The topological polar surface area (TPSA) is 78.0 Å². The van der Waals surface area contributed by atoms with Crippen LogP contribution in [0.4, 0.5) is 5.69 Å². The van der Waals surface area contributed by atoms with Crippen LogP contribution in [0.3, 0.4) is 0 Å². The summed E-state index contributed by atoms with van der Waals surface area (Å²) < 4.78 is 15.5. The number of esters is 2. The van der Waals surface area contributed by atoms with E-state index in [1.165, 1.54) is 25.2 Å². The van der Waals surface area contributed by atoms with Crippen molar-refractivity contribution in [3.8, 4) is 5.75 Å². The monoisotopic (exact) mass is 426 g/mol. The highest BCUT2D eigenvalue weighted by molar-refractivity contribution is 7.09. The lowest BCUT2D eigenvalue weighted by atomic mass is 10.1. The fraction of sp³-hybridized carbons (Fsp3) is 0.227. The number of allylic oxidation sites excluding steroid dienone is 2. The molecule has 0 fully saturated rings. The largest absolute Gasteiger partial charge is 0.493 e. The molecule has 0 saturated carbocycles. The van der Waals surface area contributed by atoms with Crippen LogP contribution in [0.15, 0.2) is 65.5 Å². The number of nitrogens with zero attached hydrogens (tertiary/aromatic N) is 2. The van der Waals surface area contributed by atoms with Crippen molar-refractivity contribution in [1.29, 1.82) is 0 Å². The van der Waals surface area contributed by atoms with E-state index < -0.39 is 11.9 Å². The quantitative estimate of drug-likeness (QED) is 0.627. The van der Waals surface area contributed by atoms with Crippen LogP contribution in [0, 0.1) is 6.92 Å². The molecule has 1 aromatic heterocycles. The van der Waals surface area contributed by atoms with Crippen molar-refractivity contribution in [1.82, 2.24) is 4.98 Å². The second-order valence-corrected chi connectivity index (χ2v) is 7.21. The summed E-state index contributed by atoms with van der Waals surface area (Å²) in [5.74, 6) is -0.569. The number of carbonyl (C=O) groups excluding carboxylic acids is 2. The van der Waals surface area contributed by atoms with Crippen molar-refractivity contribution in [3.63, 3.8) is 0 Å². The number of benzene rings is 1. The van der Waals surface area contributed by atoms with E-state index in [9.17, 15) is 9.59 Å². The van der Waals surface area contributed by atoms with Gasteiger partial charge in [0.05, 0.1) is 37.6 Å². The standard InChI is InChI=1S/C22H22N2O5S/c1-15-19(30-14-23-15)11-13-29-17-9-7-16(8-10-17)24-12-5-4-6-18(21(25)27-2)20(24)22(26)28-3/h4-10,12,14H,11,13H2,1-3H3. The van der Waals surface area contributed by atoms with E-state index in [4.69, 9.17) is 14.2 Å². The van der Waals surface area contributed by atoms with Crippen LogP contribution in [0.1, 0.15) is 10.6 Å². The second-order valence-electron chi connectivity index (χ2n) is 6.27. The third-order valence-corrected chi connectivity index (χ3v) is 5.44. The molecule has 1 aliphatic rings.